The Bertz CT molecular complexity index is 1540. The lowest BCUT2D eigenvalue weighted by Gasteiger charge is -2.25. The van der Waals surface area contributed by atoms with Crippen molar-refractivity contribution in [1.29, 1.82) is 0 Å². The standard InChI is InChI=1S/C29H25BrN2O5/c1-36-21-8-4-6-18(14-21)27(33)25-26(17-5-3-7-20(30)13-17)32(29(35)28(25)34)12-11-19-16-31-24-10-9-22(37-2)15-23(19)24/h3-10,13-16,26,31,33H,11-12H2,1-2H3/t26-/m0/s1. The van der Waals surface area contributed by atoms with Crippen LogP contribution in [0.3, 0.4) is 0 Å². The third-order valence-corrected chi connectivity index (χ3v) is 7.14. The van der Waals surface area contributed by atoms with Gasteiger partial charge in [-0.3, -0.25) is 9.59 Å². The number of carbonyl (C=O) groups excluding carboxylic acids is 2. The van der Waals surface area contributed by atoms with Gasteiger partial charge in [0.05, 0.1) is 25.8 Å². The van der Waals surface area contributed by atoms with Crippen molar-refractivity contribution < 1.29 is 24.2 Å². The van der Waals surface area contributed by atoms with E-state index in [0.717, 1.165) is 32.3 Å². The number of amides is 1. The topological polar surface area (TPSA) is 91.9 Å². The van der Waals surface area contributed by atoms with E-state index >= 15 is 0 Å². The van der Waals surface area contributed by atoms with Gasteiger partial charge in [-0.2, -0.15) is 0 Å². The summed E-state index contributed by atoms with van der Waals surface area (Å²) in [6.45, 7) is 0.279. The van der Waals surface area contributed by atoms with Gasteiger partial charge in [0.1, 0.15) is 17.3 Å². The molecule has 1 fully saturated rings. The van der Waals surface area contributed by atoms with Gasteiger partial charge in [0, 0.05) is 33.7 Å². The summed E-state index contributed by atoms with van der Waals surface area (Å²) in [6, 6.07) is 19.2. The van der Waals surface area contributed by atoms with Crippen LogP contribution in [-0.2, 0) is 16.0 Å². The largest absolute Gasteiger partial charge is 0.507 e. The maximum Gasteiger partial charge on any atom is 0.295 e. The molecule has 1 aliphatic heterocycles. The fourth-order valence-electron chi connectivity index (χ4n) is 4.79. The van der Waals surface area contributed by atoms with Gasteiger partial charge in [-0.15, -0.1) is 0 Å². The molecule has 0 radical (unpaired) electrons. The van der Waals surface area contributed by atoms with Crippen LogP contribution in [0.1, 0.15) is 22.7 Å². The third kappa shape index (κ3) is 4.60. The van der Waals surface area contributed by atoms with Gasteiger partial charge in [-0.1, -0.05) is 40.2 Å². The predicted molar refractivity (Wildman–Crippen MR) is 145 cm³/mol. The number of nitrogens with zero attached hydrogens (tertiary/aromatic N) is 1. The number of aromatic amines is 1. The Hall–Kier alpha value is -4.04. The van der Waals surface area contributed by atoms with Crippen LogP contribution in [0.15, 0.2) is 83.0 Å². The number of H-pyrrole nitrogens is 1. The molecule has 1 amide bonds. The fourth-order valence-corrected chi connectivity index (χ4v) is 5.21. The second kappa shape index (κ2) is 10.1. The molecule has 8 heteroatoms. The average molecular weight is 561 g/mol. The highest BCUT2D eigenvalue weighted by atomic mass is 79.9. The highest BCUT2D eigenvalue weighted by Gasteiger charge is 2.46. The summed E-state index contributed by atoms with van der Waals surface area (Å²) in [5, 5.41) is 12.3. The van der Waals surface area contributed by atoms with Crippen molar-refractivity contribution in [2.45, 2.75) is 12.5 Å². The second-order valence-electron chi connectivity index (χ2n) is 8.75. The molecule has 0 aliphatic carbocycles. The van der Waals surface area contributed by atoms with E-state index in [2.05, 4.69) is 20.9 Å². The number of halogens is 1. The minimum absolute atomic E-state index is 0.0527. The number of aliphatic hydroxyl groups excluding tert-OH is 1. The number of aliphatic hydroxyl groups is 1. The lowest BCUT2D eigenvalue weighted by atomic mass is 9.95. The molecule has 1 aliphatic rings. The predicted octanol–water partition coefficient (Wildman–Crippen LogP) is 5.61. The molecule has 4 aromatic rings. The van der Waals surface area contributed by atoms with E-state index in [0.29, 0.717) is 17.7 Å². The zero-order chi connectivity index (χ0) is 26.1. The number of carbonyl (C=O) groups is 2. The number of hydrogen-bond donors (Lipinski definition) is 2. The Morgan fingerprint density at radius 3 is 2.51 bits per heavy atom. The summed E-state index contributed by atoms with van der Waals surface area (Å²) in [7, 11) is 3.15. The molecule has 0 unspecified atom stereocenters. The van der Waals surface area contributed by atoms with Crippen LogP contribution >= 0.6 is 15.9 Å². The minimum Gasteiger partial charge on any atom is -0.507 e. The summed E-state index contributed by atoms with van der Waals surface area (Å²) >= 11 is 3.49. The van der Waals surface area contributed by atoms with E-state index < -0.39 is 17.7 Å². The molecule has 2 heterocycles. The molecule has 1 saturated heterocycles. The Morgan fingerprint density at radius 2 is 1.76 bits per heavy atom. The van der Waals surface area contributed by atoms with Crippen LogP contribution in [0.25, 0.3) is 16.7 Å². The van der Waals surface area contributed by atoms with Crippen LogP contribution in [0.4, 0.5) is 0 Å². The summed E-state index contributed by atoms with van der Waals surface area (Å²) in [6.07, 6.45) is 2.41. The number of aromatic nitrogens is 1. The van der Waals surface area contributed by atoms with Crippen LogP contribution in [0.5, 0.6) is 11.5 Å². The highest BCUT2D eigenvalue weighted by molar-refractivity contribution is 9.10. The lowest BCUT2D eigenvalue weighted by Crippen LogP contribution is -2.31. The Kier molecular flexibility index (Phi) is 6.76. The number of ether oxygens (including phenoxy) is 2. The van der Waals surface area contributed by atoms with Gasteiger partial charge in [0.25, 0.3) is 11.7 Å². The van der Waals surface area contributed by atoms with E-state index in [1.807, 2.05) is 48.7 Å². The van der Waals surface area contributed by atoms with Gasteiger partial charge in [-0.05, 0) is 60.0 Å². The number of hydrogen-bond acceptors (Lipinski definition) is 5. The van der Waals surface area contributed by atoms with Crippen molar-refractivity contribution >= 4 is 44.3 Å². The molecule has 0 spiro atoms. The molecule has 37 heavy (non-hydrogen) atoms. The van der Waals surface area contributed by atoms with Crippen molar-refractivity contribution in [3.63, 3.8) is 0 Å². The van der Waals surface area contributed by atoms with Gasteiger partial charge in [-0.25, -0.2) is 0 Å². The molecule has 0 bridgehead atoms. The second-order valence-corrected chi connectivity index (χ2v) is 9.67. The van der Waals surface area contributed by atoms with E-state index in [9.17, 15) is 14.7 Å². The van der Waals surface area contributed by atoms with Crippen LogP contribution < -0.4 is 9.47 Å². The number of nitrogens with one attached hydrogen (secondary N) is 1. The van der Waals surface area contributed by atoms with Crippen molar-refractivity contribution in [2.75, 3.05) is 20.8 Å². The molecule has 188 valence electrons. The monoisotopic (exact) mass is 560 g/mol. The third-order valence-electron chi connectivity index (χ3n) is 6.64. The van der Waals surface area contributed by atoms with Gasteiger partial charge >= 0.3 is 0 Å². The summed E-state index contributed by atoms with van der Waals surface area (Å²) in [5.41, 5.74) is 3.13. The van der Waals surface area contributed by atoms with Gasteiger partial charge in [0.2, 0.25) is 0 Å². The number of likely N-dealkylation sites (tertiary alicyclic amines) is 1. The maximum atomic E-state index is 13.3. The zero-order valence-electron chi connectivity index (χ0n) is 20.3. The van der Waals surface area contributed by atoms with Crippen LogP contribution in [0, 0.1) is 0 Å². The first kappa shape index (κ1) is 24.6. The molecule has 1 atom stereocenters. The number of rotatable bonds is 7. The molecule has 0 saturated carbocycles. The minimum atomic E-state index is -0.747. The summed E-state index contributed by atoms with van der Waals surface area (Å²) in [4.78, 5) is 31.5. The van der Waals surface area contributed by atoms with E-state index in [1.54, 1.807) is 31.4 Å². The van der Waals surface area contributed by atoms with Crippen molar-refractivity contribution in [2.24, 2.45) is 0 Å². The zero-order valence-corrected chi connectivity index (χ0v) is 21.9. The number of ketones is 1. The van der Waals surface area contributed by atoms with Crippen molar-refractivity contribution in [3.8, 4) is 11.5 Å². The first-order valence-electron chi connectivity index (χ1n) is 11.7. The van der Waals surface area contributed by atoms with Crippen LogP contribution in [-0.4, -0.2) is 47.4 Å². The van der Waals surface area contributed by atoms with Crippen LogP contribution in [0.2, 0.25) is 0 Å². The first-order valence-corrected chi connectivity index (χ1v) is 12.5. The number of Topliss-reactive ketones (excluding diaryl/α,β-unsaturated/α-hetero) is 1. The van der Waals surface area contributed by atoms with Crippen molar-refractivity contribution in [1.82, 2.24) is 9.88 Å². The molecular formula is C29H25BrN2O5. The molecule has 7 nitrogen and oxygen atoms in total. The highest BCUT2D eigenvalue weighted by Crippen LogP contribution is 2.40. The average Bonchev–Trinajstić information content (AvgIpc) is 3.44. The fraction of sp³-hybridized carbons (Fsp3) is 0.172. The van der Waals surface area contributed by atoms with E-state index in [-0.39, 0.29) is 17.9 Å². The first-order chi connectivity index (χ1) is 17.9. The Labute approximate surface area is 222 Å². The van der Waals surface area contributed by atoms with Gasteiger partial charge < -0.3 is 24.5 Å². The summed E-state index contributed by atoms with van der Waals surface area (Å²) < 4.78 is 11.5. The molecule has 3 aromatic carbocycles. The van der Waals surface area contributed by atoms with Crippen molar-refractivity contribution in [3.05, 3.63) is 99.7 Å². The van der Waals surface area contributed by atoms with E-state index in [1.165, 1.54) is 12.0 Å². The Morgan fingerprint density at radius 1 is 1.00 bits per heavy atom. The number of fused-ring (bicyclic) bond motifs is 1. The maximum absolute atomic E-state index is 13.3. The number of benzene rings is 3. The molecule has 5 rings (SSSR count). The normalized spacial score (nSPS) is 16.9. The SMILES string of the molecule is COc1cccc(C(O)=C2C(=O)C(=O)N(CCc3c[nH]c4ccc(OC)cc34)[C@H]2c2cccc(Br)c2)c1. The lowest BCUT2D eigenvalue weighted by molar-refractivity contribution is -0.139. The van der Waals surface area contributed by atoms with Gasteiger partial charge in [0.15, 0.2) is 0 Å². The number of methoxy groups -OCH3 is 2. The van der Waals surface area contributed by atoms with E-state index in [4.69, 9.17) is 9.47 Å². The smallest absolute Gasteiger partial charge is 0.295 e. The quantitative estimate of drug-likeness (QED) is 0.174. The molecular weight excluding hydrogens is 536 g/mol. The molecule has 1 aromatic heterocycles. The summed E-state index contributed by atoms with van der Waals surface area (Å²) in [5.74, 6) is -0.326. The Balaban J connectivity index is 1.56. The molecule has 2 N–H and O–H groups in total.